The summed E-state index contributed by atoms with van der Waals surface area (Å²) in [5.41, 5.74) is 10.9. The van der Waals surface area contributed by atoms with E-state index in [1.54, 1.807) is 0 Å². The summed E-state index contributed by atoms with van der Waals surface area (Å²) in [4.78, 5) is 18.0. The molecule has 0 amide bonds. The summed E-state index contributed by atoms with van der Waals surface area (Å²) < 4.78 is 11.0. The number of nitrogens with two attached hydrogens (primary N) is 2. The zero-order valence-electron chi connectivity index (χ0n) is 8.39. The first-order chi connectivity index (χ1) is 6.41. The van der Waals surface area contributed by atoms with E-state index in [0.717, 1.165) is 0 Å². The van der Waals surface area contributed by atoms with Crippen molar-refractivity contribution in [2.45, 2.75) is 38.1 Å². The molecule has 14 heavy (non-hydrogen) atoms. The molecular weight excluding hydrogens is 205 g/mol. The number of nitrogens with one attached hydrogen (secondary N) is 1. The van der Waals surface area contributed by atoms with Gasteiger partial charge in [0.2, 0.25) is 0 Å². The second-order valence-electron chi connectivity index (χ2n) is 3.24. The van der Waals surface area contributed by atoms with E-state index in [1.165, 1.54) is 0 Å². The van der Waals surface area contributed by atoms with Gasteiger partial charge in [-0.25, -0.2) is 0 Å². The maximum atomic E-state index is 11.0. The maximum absolute atomic E-state index is 11.0. The molecule has 2 atom stereocenters. The first-order valence-corrected chi connectivity index (χ1v) is 6.36. The first kappa shape index (κ1) is 14.0. The molecule has 0 bridgehead atoms. The third-order valence-corrected chi connectivity index (χ3v) is 3.07. The molecule has 0 aliphatic carbocycles. The number of rotatable bonds is 7. The smallest absolute Gasteiger partial charge is 0.330 e. The summed E-state index contributed by atoms with van der Waals surface area (Å²) in [5, 5.41) is 2.69. The van der Waals surface area contributed by atoms with Crippen molar-refractivity contribution in [1.29, 1.82) is 0 Å². The second kappa shape index (κ2) is 6.50. The minimum Gasteiger partial charge on any atom is -0.330 e. The molecule has 2 unspecified atom stereocenters. The van der Waals surface area contributed by atoms with E-state index in [9.17, 15) is 4.57 Å². The van der Waals surface area contributed by atoms with Crippen LogP contribution in [-0.2, 0) is 4.57 Å². The average Bonchev–Trinajstić information content (AvgIpc) is 2.02. The summed E-state index contributed by atoms with van der Waals surface area (Å²) in [5.74, 6) is -0.853. The third-order valence-electron chi connectivity index (χ3n) is 1.85. The molecule has 0 heterocycles. The van der Waals surface area contributed by atoms with Gasteiger partial charge >= 0.3 is 7.60 Å². The summed E-state index contributed by atoms with van der Waals surface area (Å²) in [6.07, 6.45) is 1.14. The highest BCUT2D eigenvalue weighted by Gasteiger charge is 2.28. The molecule has 0 aliphatic heterocycles. The predicted molar refractivity (Wildman–Crippen MR) is 55.5 cm³/mol. The lowest BCUT2D eigenvalue weighted by molar-refractivity contribution is 0.328. The van der Waals surface area contributed by atoms with Gasteiger partial charge in [0.25, 0.3) is 0 Å². The van der Waals surface area contributed by atoms with Gasteiger partial charge in [0.05, 0.1) is 6.17 Å². The Hall–Kier alpha value is 0.0300. The number of hydrogen-bond acceptors (Lipinski definition) is 4. The molecule has 0 aromatic heterocycles. The summed E-state index contributed by atoms with van der Waals surface area (Å²) >= 11 is 0. The lowest BCUT2D eigenvalue weighted by atomic mass is 10.3. The van der Waals surface area contributed by atoms with E-state index < -0.39 is 19.5 Å². The van der Waals surface area contributed by atoms with Crippen molar-refractivity contribution in [1.82, 2.24) is 5.32 Å². The topological polar surface area (TPSA) is 122 Å². The van der Waals surface area contributed by atoms with E-state index in [1.807, 2.05) is 6.92 Å². The van der Waals surface area contributed by atoms with E-state index in [0.29, 0.717) is 25.8 Å². The van der Waals surface area contributed by atoms with Crippen LogP contribution in [0.1, 0.15) is 26.2 Å². The molecule has 0 aromatic rings. The van der Waals surface area contributed by atoms with Gasteiger partial charge in [-0.3, -0.25) is 9.88 Å². The van der Waals surface area contributed by atoms with E-state index in [-0.39, 0.29) is 0 Å². The van der Waals surface area contributed by atoms with E-state index in [4.69, 9.17) is 21.3 Å². The fraction of sp³-hybridized carbons (Fsp3) is 1.00. The molecule has 6 nitrogen and oxygen atoms in total. The van der Waals surface area contributed by atoms with E-state index >= 15 is 0 Å². The van der Waals surface area contributed by atoms with Crippen LogP contribution in [0.2, 0.25) is 0 Å². The van der Waals surface area contributed by atoms with Crippen LogP contribution in [0, 0.1) is 0 Å². The van der Waals surface area contributed by atoms with Gasteiger partial charge in [0.15, 0.2) is 0 Å². The lowest BCUT2D eigenvalue weighted by Crippen LogP contribution is -2.45. The molecule has 7 N–H and O–H groups in total. The van der Waals surface area contributed by atoms with Gasteiger partial charge in [0, 0.05) is 0 Å². The highest BCUT2D eigenvalue weighted by Crippen LogP contribution is 2.41. The average molecular weight is 225 g/mol. The Bertz CT molecular complexity index is 197. The second-order valence-corrected chi connectivity index (χ2v) is 5.05. The van der Waals surface area contributed by atoms with Crippen molar-refractivity contribution in [2.75, 3.05) is 6.54 Å². The van der Waals surface area contributed by atoms with Crippen molar-refractivity contribution in [3.63, 3.8) is 0 Å². The van der Waals surface area contributed by atoms with Crippen molar-refractivity contribution in [2.24, 2.45) is 11.5 Å². The van der Waals surface area contributed by atoms with Gasteiger partial charge in [-0.2, -0.15) is 0 Å². The molecule has 7 heteroatoms. The molecule has 0 radical (unpaired) electrons. The molecule has 0 rings (SSSR count). The van der Waals surface area contributed by atoms with Crippen LogP contribution in [0.3, 0.4) is 0 Å². The zero-order valence-corrected chi connectivity index (χ0v) is 9.28. The minimum absolute atomic E-state index is 0.397. The van der Waals surface area contributed by atoms with Gasteiger partial charge in [-0.15, -0.1) is 0 Å². The van der Waals surface area contributed by atoms with Crippen molar-refractivity contribution >= 4 is 7.60 Å². The van der Waals surface area contributed by atoms with Crippen molar-refractivity contribution in [3.8, 4) is 0 Å². The van der Waals surface area contributed by atoms with Crippen LogP contribution >= 0.6 is 7.60 Å². The van der Waals surface area contributed by atoms with Crippen LogP contribution in [0.5, 0.6) is 0 Å². The molecule has 0 aliphatic rings. The standard InChI is InChI=1S/C7H20N3O3P/c1-2-3-7(14(11,12)13)10-6(9)4-5-8/h6-7,10H,2-5,8-9H2,1H3,(H2,11,12,13). The zero-order chi connectivity index (χ0) is 11.2. The fourth-order valence-corrected chi connectivity index (χ4v) is 2.11. The van der Waals surface area contributed by atoms with Crippen LogP contribution in [-0.4, -0.2) is 28.3 Å². The van der Waals surface area contributed by atoms with Crippen LogP contribution in [0.15, 0.2) is 0 Å². The predicted octanol–water partition coefficient (Wildman–Crippen LogP) is -0.486. The molecule has 0 fully saturated rings. The third kappa shape index (κ3) is 5.70. The van der Waals surface area contributed by atoms with Crippen molar-refractivity contribution < 1.29 is 14.4 Å². The SMILES string of the molecule is CCCC(NC(N)CCN)P(=O)(O)O. The van der Waals surface area contributed by atoms with Crippen LogP contribution in [0.25, 0.3) is 0 Å². The van der Waals surface area contributed by atoms with Crippen molar-refractivity contribution in [3.05, 3.63) is 0 Å². The molecule has 0 aromatic carbocycles. The summed E-state index contributed by atoms with van der Waals surface area (Å²) in [7, 11) is -4.10. The first-order valence-electron chi connectivity index (χ1n) is 4.68. The largest absolute Gasteiger partial charge is 0.342 e. The highest BCUT2D eigenvalue weighted by atomic mass is 31.2. The van der Waals surface area contributed by atoms with Crippen LogP contribution in [0.4, 0.5) is 0 Å². The minimum atomic E-state index is -4.10. The molecule has 86 valence electrons. The Morgan fingerprint density at radius 3 is 2.36 bits per heavy atom. The monoisotopic (exact) mass is 225 g/mol. The highest BCUT2D eigenvalue weighted by molar-refractivity contribution is 7.52. The molecule has 0 spiro atoms. The molecule has 0 saturated heterocycles. The van der Waals surface area contributed by atoms with Gasteiger partial charge in [-0.05, 0) is 19.4 Å². The Morgan fingerprint density at radius 1 is 1.43 bits per heavy atom. The van der Waals surface area contributed by atoms with Gasteiger partial charge in [0.1, 0.15) is 5.78 Å². The number of hydrogen-bond donors (Lipinski definition) is 5. The fourth-order valence-electron chi connectivity index (χ4n) is 1.13. The Kier molecular flexibility index (Phi) is 6.52. The Labute approximate surface area is 84.2 Å². The Morgan fingerprint density at radius 2 is 2.00 bits per heavy atom. The Balaban J connectivity index is 4.16. The maximum Gasteiger partial charge on any atom is 0.342 e. The lowest BCUT2D eigenvalue weighted by Gasteiger charge is -2.23. The van der Waals surface area contributed by atoms with Gasteiger partial charge < -0.3 is 21.3 Å². The summed E-state index contributed by atoms with van der Waals surface area (Å²) in [6, 6.07) is 0. The van der Waals surface area contributed by atoms with Gasteiger partial charge in [-0.1, -0.05) is 13.3 Å². The normalized spacial score (nSPS) is 16.6. The quantitative estimate of drug-likeness (QED) is 0.294. The van der Waals surface area contributed by atoms with Crippen LogP contribution < -0.4 is 16.8 Å². The molecule has 0 saturated carbocycles. The molecular formula is C7H20N3O3P. The summed E-state index contributed by atoms with van der Waals surface area (Å²) in [6.45, 7) is 2.26. The van der Waals surface area contributed by atoms with E-state index in [2.05, 4.69) is 5.32 Å².